The molecule has 0 saturated carbocycles. The van der Waals surface area contributed by atoms with Crippen LogP contribution in [0.3, 0.4) is 0 Å². The van der Waals surface area contributed by atoms with Crippen LogP contribution in [0.25, 0.3) is 109 Å². The van der Waals surface area contributed by atoms with Crippen LogP contribution in [0.5, 0.6) is 0 Å². The van der Waals surface area contributed by atoms with E-state index in [1.54, 1.807) is 0 Å². The third-order valence-corrected chi connectivity index (χ3v) is 11.0. The lowest BCUT2D eigenvalue weighted by Crippen LogP contribution is -1.91. The Morgan fingerprint density at radius 2 is 0.520 bits per heavy atom. The van der Waals surface area contributed by atoms with Gasteiger partial charge in [0.05, 0.1) is 0 Å². The highest BCUT2D eigenvalue weighted by molar-refractivity contribution is 6.27. The van der Waals surface area contributed by atoms with Crippen molar-refractivity contribution < 1.29 is 0 Å². The van der Waals surface area contributed by atoms with E-state index in [1.807, 2.05) is 0 Å². The Morgan fingerprint density at radius 3 is 1.04 bits per heavy atom. The summed E-state index contributed by atoms with van der Waals surface area (Å²) in [4.78, 5) is 0. The van der Waals surface area contributed by atoms with Crippen LogP contribution in [0.2, 0.25) is 0 Å². The first kappa shape index (κ1) is 27.5. The van der Waals surface area contributed by atoms with Crippen LogP contribution in [0.1, 0.15) is 0 Å². The van der Waals surface area contributed by atoms with Gasteiger partial charge in [-0.2, -0.15) is 0 Å². The Balaban J connectivity index is 1.05. The molecule has 50 heavy (non-hydrogen) atoms. The van der Waals surface area contributed by atoms with Gasteiger partial charge in [-0.25, -0.2) is 0 Å². The van der Waals surface area contributed by atoms with E-state index in [2.05, 4.69) is 182 Å². The highest BCUT2D eigenvalue weighted by Crippen LogP contribution is 2.44. The molecule has 11 rings (SSSR count). The molecule has 0 aliphatic heterocycles. The quantitative estimate of drug-likeness (QED) is 0.170. The fourth-order valence-electron chi connectivity index (χ4n) is 8.71. The molecule has 0 aliphatic rings. The SMILES string of the molecule is c1ccc(-c2ccccc2-c2ccc3ccc4cccc5ccc2c3c45)c(-c2ccc(-c3ccc4ccc5cccc6ccc3c4c56)cc2)c1. The summed E-state index contributed by atoms with van der Waals surface area (Å²) in [5.41, 5.74) is 9.96. The second-order valence-corrected chi connectivity index (χ2v) is 13.6. The highest BCUT2D eigenvalue weighted by atomic mass is 14.2. The van der Waals surface area contributed by atoms with Crippen molar-refractivity contribution in [2.75, 3.05) is 0 Å². The van der Waals surface area contributed by atoms with Crippen LogP contribution in [-0.4, -0.2) is 0 Å². The zero-order valence-electron chi connectivity index (χ0n) is 27.3. The molecule has 0 amide bonds. The smallest absolute Gasteiger partial charge is 0.00206 e. The molecule has 0 bridgehead atoms. The molecule has 11 aromatic rings. The molecule has 0 saturated heterocycles. The molecule has 0 aliphatic carbocycles. The minimum atomic E-state index is 1.22. The van der Waals surface area contributed by atoms with Crippen LogP contribution < -0.4 is 0 Å². The van der Waals surface area contributed by atoms with Gasteiger partial charge in [-0.05, 0) is 109 Å². The zero-order valence-corrected chi connectivity index (χ0v) is 27.3. The number of hydrogen-bond acceptors (Lipinski definition) is 0. The van der Waals surface area contributed by atoms with Gasteiger partial charge in [-0.1, -0.05) is 182 Å². The van der Waals surface area contributed by atoms with Crippen molar-refractivity contribution in [1.29, 1.82) is 0 Å². The molecule has 0 fully saturated rings. The topological polar surface area (TPSA) is 0 Å². The van der Waals surface area contributed by atoms with Crippen LogP contribution >= 0.6 is 0 Å². The van der Waals surface area contributed by atoms with Gasteiger partial charge in [0.1, 0.15) is 0 Å². The monoisotopic (exact) mass is 630 g/mol. The normalized spacial score (nSPS) is 12.0. The van der Waals surface area contributed by atoms with Crippen LogP contribution in [-0.2, 0) is 0 Å². The Morgan fingerprint density at radius 1 is 0.180 bits per heavy atom. The Labute approximate surface area is 290 Å². The van der Waals surface area contributed by atoms with Gasteiger partial charge < -0.3 is 0 Å². The van der Waals surface area contributed by atoms with Crippen LogP contribution in [0.4, 0.5) is 0 Å². The van der Waals surface area contributed by atoms with Gasteiger partial charge in [0, 0.05) is 0 Å². The van der Waals surface area contributed by atoms with Crippen molar-refractivity contribution in [2.24, 2.45) is 0 Å². The van der Waals surface area contributed by atoms with E-state index in [0.717, 1.165) is 0 Å². The summed E-state index contributed by atoms with van der Waals surface area (Å²) in [6, 6.07) is 67.6. The molecule has 230 valence electrons. The third-order valence-electron chi connectivity index (χ3n) is 11.0. The molecule has 0 heterocycles. The van der Waals surface area contributed by atoms with Crippen molar-refractivity contribution in [1.82, 2.24) is 0 Å². The summed E-state index contributed by atoms with van der Waals surface area (Å²) < 4.78 is 0. The van der Waals surface area contributed by atoms with Crippen LogP contribution in [0, 0.1) is 0 Å². The number of hydrogen-bond donors (Lipinski definition) is 0. The summed E-state index contributed by atoms with van der Waals surface area (Å²) >= 11 is 0. The summed E-state index contributed by atoms with van der Waals surface area (Å²) in [6.07, 6.45) is 0. The largest absolute Gasteiger partial charge is 0.0616 e. The minimum absolute atomic E-state index is 1.22. The maximum absolute atomic E-state index is 2.32. The molecular weight excluding hydrogens is 601 g/mol. The number of benzene rings is 11. The zero-order chi connectivity index (χ0) is 32.8. The first-order valence-electron chi connectivity index (χ1n) is 17.4. The summed E-state index contributed by atoms with van der Waals surface area (Å²) in [6.45, 7) is 0. The molecule has 0 spiro atoms. The van der Waals surface area contributed by atoms with Gasteiger partial charge in [0.25, 0.3) is 0 Å². The lowest BCUT2D eigenvalue weighted by Gasteiger charge is -2.18. The van der Waals surface area contributed by atoms with Crippen LogP contribution in [0.15, 0.2) is 182 Å². The lowest BCUT2D eigenvalue weighted by atomic mass is 9.85. The predicted octanol–water partition coefficient (Wildman–Crippen LogP) is 14.1. The minimum Gasteiger partial charge on any atom is -0.0616 e. The fraction of sp³-hybridized carbons (Fsp3) is 0. The van der Waals surface area contributed by atoms with Gasteiger partial charge in [0.15, 0.2) is 0 Å². The van der Waals surface area contributed by atoms with E-state index in [0.29, 0.717) is 0 Å². The highest BCUT2D eigenvalue weighted by Gasteiger charge is 2.17. The van der Waals surface area contributed by atoms with E-state index in [4.69, 9.17) is 0 Å². The fourth-order valence-corrected chi connectivity index (χ4v) is 8.71. The number of rotatable bonds is 4. The standard InChI is InChI=1S/C50H30/c1-2-12-41(42-13-3-4-14-43(42)44-28-24-38-22-20-34-8-6-10-36-26-30-46(44)50(38)48(34)36)39(11-1)31-15-17-32(18-16-31)40-27-23-37-21-19-33-7-5-9-35-25-29-45(40)49(37)47(33)35/h1-30H. The second kappa shape index (κ2) is 10.5. The molecular formula is C50H30. The van der Waals surface area contributed by atoms with Crippen molar-refractivity contribution in [2.45, 2.75) is 0 Å². The van der Waals surface area contributed by atoms with Gasteiger partial charge in [0.2, 0.25) is 0 Å². The van der Waals surface area contributed by atoms with Gasteiger partial charge in [-0.15, -0.1) is 0 Å². The Hall–Kier alpha value is -6.50. The Kier molecular flexibility index (Phi) is 5.76. The molecule has 0 atom stereocenters. The third kappa shape index (κ3) is 3.94. The molecule has 0 aromatic heterocycles. The van der Waals surface area contributed by atoms with E-state index >= 15 is 0 Å². The second-order valence-electron chi connectivity index (χ2n) is 13.6. The molecule has 11 aromatic carbocycles. The van der Waals surface area contributed by atoms with Crippen molar-refractivity contribution in [3.8, 4) is 44.5 Å². The molecule has 0 nitrogen and oxygen atoms in total. The van der Waals surface area contributed by atoms with E-state index in [1.165, 1.54) is 109 Å². The summed E-state index contributed by atoms with van der Waals surface area (Å²) in [5.74, 6) is 0. The van der Waals surface area contributed by atoms with Gasteiger partial charge in [-0.3, -0.25) is 0 Å². The van der Waals surface area contributed by atoms with E-state index in [-0.39, 0.29) is 0 Å². The summed E-state index contributed by atoms with van der Waals surface area (Å²) in [5, 5.41) is 15.8. The molecule has 0 unspecified atom stereocenters. The first-order chi connectivity index (χ1) is 24.8. The average Bonchev–Trinajstić information content (AvgIpc) is 3.19. The first-order valence-corrected chi connectivity index (χ1v) is 17.4. The Bertz CT molecular complexity index is 3040. The average molecular weight is 631 g/mol. The van der Waals surface area contributed by atoms with E-state index in [9.17, 15) is 0 Å². The van der Waals surface area contributed by atoms with Crippen molar-refractivity contribution in [3.63, 3.8) is 0 Å². The van der Waals surface area contributed by atoms with E-state index < -0.39 is 0 Å². The van der Waals surface area contributed by atoms with Crippen molar-refractivity contribution >= 4 is 64.6 Å². The maximum Gasteiger partial charge on any atom is -0.00206 e. The molecule has 0 heteroatoms. The lowest BCUT2D eigenvalue weighted by molar-refractivity contribution is 1.57. The maximum atomic E-state index is 2.32. The molecule has 0 radical (unpaired) electrons. The van der Waals surface area contributed by atoms with Gasteiger partial charge >= 0.3 is 0 Å². The predicted molar refractivity (Wildman–Crippen MR) is 216 cm³/mol. The summed E-state index contributed by atoms with van der Waals surface area (Å²) in [7, 11) is 0. The molecule has 0 N–H and O–H groups in total. The van der Waals surface area contributed by atoms with Crippen molar-refractivity contribution in [3.05, 3.63) is 182 Å².